The second-order valence-corrected chi connectivity index (χ2v) is 2.97. The zero-order chi connectivity index (χ0) is 9.97. The quantitative estimate of drug-likeness (QED) is 0.739. The van der Waals surface area contributed by atoms with Gasteiger partial charge in [0.25, 0.3) is 5.71 Å². The third-order valence-electron chi connectivity index (χ3n) is 1.90. The molecule has 0 bridgehead atoms. The molecule has 74 valence electrons. The Kier molecular flexibility index (Phi) is 2.28. The second kappa shape index (κ2) is 3.59. The Balaban J connectivity index is 2.33. The number of fused-ring (bicyclic) bond motifs is 1. The molecule has 0 fully saturated rings. The zero-order valence-electron chi connectivity index (χ0n) is 7.84. The molecule has 2 aromatic heterocycles. The average molecular weight is 193 g/mol. The second-order valence-electron chi connectivity index (χ2n) is 2.97. The number of hydrogen-bond donors (Lipinski definition) is 1. The molecule has 2 heterocycles. The van der Waals surface area contributed by atoms with Crippen molar-refractivity contribution in [3.05, 3.63) is 12.4 Å². The third kappa shape index (κ3) is 1.51. The highest BCUT2D eigenvalue weighted by molar-refractivity contribution is 5.71. The molecule has 2 aromatic rings. The molecule has 0 spiro atoms. The maximum absolute atomic E-state index is 5.43. The summed E-state index contributed by atoms with van der Waals surface area (Å²) in [6, 6.07) is 0. The van der Waals surface area contributed by atoms with Crippen LogP contribution in [0.3, 0.4) is 0 Å². The molecule has 14 heavy (non-hydrogen) atoms. The molecular weight excluding hydrogens is 182 g/mol. The fourth-order valence-electron chi connectivity index (χ4n) is 1.14. The summed E-state index contributed by atoms with van der Waals surface area (Å²) in [4.78, 5) is 10.2. The highest BCUT2D eigenvalue weighted by atomic mass is 16.5. The van der Waals surface area contributed by atoms with Gasteiger partial charge in [-0.25, -0.2) is 4.98 Å². The predicted molar refractivity (Wildman–Crippen MR) is 51.9 cm³/mol. The standard InChI is InChI=1S/C8H11N5O/c1-13(3-2-9)8-10-4-6-5-11-14-7(6)12-8/h4-5H,2-3,9H2,1H3. The Bertz CT molecular complexity index is 426. The summed E-state index contributed by atoms with van der Waals surface area (Å²) in [6.07, 6.45) is 3.27. The molecule has 6 heteroatoms. The lowest BCUT2D eigenvalue weighted by atomic mass is 10.4. The van der Waals surface area contributed by atoms with E-state index in [0.29, 0.717) is 24.8 Å². The smallest absolute Gasteiger partial charge is 0.262 e. The highest BCUT2D eigenvalue weighted by Crippen LogP contribution is 2.12. The normalized spacial score (nSPS) is 10.7. The number of anilines is 1. The van der Waals surface area contributed by atoms with Gasteiger partial charge in [0.2, 0.25) is 5.95 Å². The Morgan fingerprint density at radius 1 is 1.50 bits per heavy atom. The summed E-state index contributed by atoms with van der Waals surface area (Å²) in [5, 5.41) is 4.43. The van der Waals surface area contributed by atoms with Gasteiger partial charge in [0.15, 0.2) is 0 Å². The van der Waals surface area contributed by atoms with Crippen molar-refractivity contribution in [3.63, 3.8) is 0 Å². The molecule has 0 aromatic carbocycles. The SMILES string of the molecule is CN(CCN)c1ncc2cnoc2n1. The van der Waals surface area contributed by atoms with Crippen LogP contribution in [0.5, 0.6) is 0 Å². The number of hydrogen-bond acceptors (Lipinski definition) is 6. The molecular formula is C8H11N5O. The van der Waals surface area contributed by atoms with Gasteiger partial charge in [-0.15, -0.1) is 0 Å². The number of nitrogens with zero attached hydrogens (tertiary/aromatic N) is 4. The van der Waals surface area contributed by atoms with E-state index in [1.165, 1.54) is 0 Å². The number of aromatic nitrogens is 3. The number of likely N-dealkylation sites (N-methyl/N-ethyl adjacent to an activating group) is 1. The van der Waals surface area contributed by atoms with Gasteiger partial charge in [0.05, 0.1) is 11.6 Å². The molecule has 0 aliphatic carbocycles. The van der Waals surface area contributed by atoms with Crippen LogP contribution in [-0.2, 0) is 0 Å². The van der Waals surface area contributed by atoms with E-state index >= 15 is 0 Å². The van der Waals surface area contributed by atoms with E-state index in [1.54, 1.807) is 12.4 Å². The van der Waals surface area contributed by atoms with Crippen LogP contribution in [0.4, 0.5) is 5.95 Å². The largest absolute Gasteiger partial charge is 0.343 e. The van der Waals surface area contributed by atoms with Crippen LogP contribution < -0.4 is 10.6 Å². The Morgan fingerprint density at radius 3 is 3.14 bits per heavy atom. The number of rotatable bonds is 3. The van der Waals surface area contributed by atoms with E-state index in [-0.39, 0.29) is 0 Å². The lowest BCUT2D eigenvalue weighted by molar-refractivity contribution is 0.448. The predicted octanol–water partition coefficient (Wildman–Crippen LogP) is 0.0127. The molecule has 0 amide bonds. The van der Waals surface area contributed by atoms with E-state index < -0.39 is 0 Å². The first-order chi connectivity index (χ1) is 6.81. The minimum absolute atomic E-state index is 0.499. The monoisotopic (exact) mass is 193 g/mol. The molecule has 0 atom stereocenters. The van der Waals surface area contributed by atoms with Gasteiger partial charge in [-0.3, -0.25) is 0 Å². The minimum Gasteiger partial charge on any atom is -0.343 e. The van der Waals surface area contributed by atoms with Gasteiger partial charge in [-0.05, 0) is 0 Å². The van der Waals surface area contributed by atoms with Gasteiger partial charge < -0.3 is 15.2 Å². The first-order valence-electron chi connectivity index (χ1n) is 4.30. The maximum Gasteiger partial charge on any atom is 0.262 e. The van der Waals surface area contributed by atoms with E-state index in [4.69, 9.17) is 10.3 Å². The van der Waals surface area contributed by atoms with Crippen LogP contribution in [-0.4, -0.2) is 35.3 Å². The van der Waals surface area contributed by atoms with Crippen LogP contribution in [0, 0.1) is 0 Å². The average Bonchev–Trinajstić information content (AvgIpc) is 2.64. The van der Waals surface area contributed by atoms with Gasteiger partial charge in [-0.2, -0.15) is 4.98 Å². The molecule has 0 unspecified atom stereocenters. The molecule has 0 aliphatic rings. The molecule has 2 N–H and O–H groups in total. The molecule has 0 saturated heterocycles. The van der Waals surface area contributed by atoms with E-state index in [0.717, 1.165) is 5.39 Å². The summed E-state index contributed by atoms with van der Waals surface area (Å²) in [5.41, 5.74) is 5.93. The molecule has 0 aliphatic heterocycles. The van der Waals surface area contributed by atoms with Crippen molar-refractivity contribution in [2.24, 2.45) is 5.73 Å². The maximum atomic E-state index is 5.43. The fraction of sp³-hybridized carbons (Fsp3) is 0.375. The Hall–Kier alpha value is -1.69. The minimum atomic E-state index is 0.499. The lowest BCUT2D eigenvalue weighted by Gasteiger charge is -2.14. The van der Waals surface area contributed by atoms with Crippen LogP contribution in [0.1, 0.15) is 0 Å². The van der Waals surface area contributed by atoms with E-state index in [2.05, 4.69) is 15.1 Å². The van der Waals surface area contributed by atoms with Gasteiger partial charge in [0, 0.05) is 26.3 Å². The van der Waals surface area contributed by atoms with Crippen molar-refractivity contribution in [2.45, 2.75) is 0 Å². The fourth-order valence-corrected chi connectivity index (χ4v) is 1.14. The summed E-state index contributed by atoms with van der Waals surface area (Å²) in [7, 11) is 1.88. The lowest BCUT2D eigenvalue weighted by Crippen LogP contribution is -2.26. The zero-order valence-corrected chi connectivity index (χ0v) is 7.84. The molecule has 0 radical (unpaired) electrons. The third-order valence-corrected chi connectivity index (χ3v) is 1.90. The van der Waals surface area contributed by atoms with Gasteiger partial charge >= 0.3 is 0 Å². The molecule has 2 rings (SSSR count). The summed E-state index contributed by atoms with van der Waals surface area (Å²) < 4.78 is 4.93. The first kappa shape index (κ1) is 8.89. The van der Waals surface area contributed by atoms with Gasteiger partial charge in [0.1, 0.15) is 0 Å². The summed E-state index contributed by atoms with van der Waals surface area (Å²) in [5.74, 6) is 0.597. The van der Waals surface area contributed by atoms with Crippen molar-refractivity contribution >= 4 is 17.0 Å². The van der Waals surface area contributed by atoms with Crippen molar-refractivity contribution in [1.82, 2.24) is 15.1 Å². The van der Waals surface area contributed by atoms with Gasteiger partial charge in [-0.1, -0.05) is 5.16 Å². The number of nitrogens with two attached hydrogens (primary N) is 1. The molecule has 0 saturated carbocycles. The molecule has 6 nitrogen and oxygen atoms in total. The first-order valence-corrected chi connectivity index (χ1v) is 4.30. The summed E-state index contributed by atoms with van der Waals surface area (Å²) in [6.45, 7) is 1.27. The van der Waals surface area contributed by atoms with Crippen molar-refractivity contribution < 1.29 is 4.52 Å². The topological polar surface area (TPSA) is 81.1 Å². The Morgan fingerprint density at radius 2 is 2.36 bits per heavy atom. The van der Waals surface area contributed by atoms with Crippen LogP contribution in [0.15, 0.2) is 16.9 Å². The van der Waals surface area contributed by atoms with Crippen molar-refractivity contribution in [1.29, 1.82) is 0 Å². The Labute approximate surface area is 80.7 Å². The highest BCUT2D eigenvalue weighted by Gasteiger charge is 2.06. The van der Waals surface area contributed by atoms with E-state index in [9.17, 15) is 0 Å². The van der Waals surface area contributed by atoms with Crippen molar-refractivity contribution in [2.75, 3.05) is 25.0 Å². The van der Waals surface area contributed by atoms with Crippen LogP contribution in [0.25, 0.3) is 11.1 Å². The van der Waals surface area contributed by atoms with E-state index in [1.807, 2.05) is 11.9 Å². The van der Waals surface area contributed by atoms with Crippen LogP contribution >= 0.6 is 0 Å². The summed E-state index contributed by atoms with van der Waals surface area (Å²) >= 11 is 0. The van der Waals surface area contributed by atoms with Crippen LogP contribution in [0.2, 0.25) is 0 Å². The van der Waals surface area contributed by atoms with Crippen molar-refractivity contribution in [3.8, 4) is 0 Å².